The van der Waals surface area contributed by atoms with Gasteiger partial charge in [0.15, 0.2) is 0 Å². The van der Waals surface area contributed by atoms with E-state index in [0.717, 1.165) is 36.3 Å². The monoisotopic (exact) mass is 346 g/mol. The molecule has 0 bridgehead atoms. The maximum absolute atomic E-state index is 13.0. The SMILES string of the molecule is O=C(c1csc(-c2ccc(Cl)cc2)n1)N(C1CCCC1)C1CC1. The molecule has 1 amide bonds. The molecule has 2 aliphatic carbocycles. The van der Waals surface area contributed by atoms with Crippen LogP contribution in [-0.2, 0) is 0 Å². The van der Waals surface area contributed by atoms with Crippen LogP contribution in [-0.4, -0.2) is 27.9 Å². The van der Waals surface area contributed by atoms with Crippen LogP contribution in [0.4, 0.5) is 0 Å². The Morgan fingerprint density at radius 2 is 1.74 bits per heavy atom. The van der Waals surface area contributed by atoms with E-state index in [1.54, 1.807) is 0 Å². The molecule has 0 aliphatic heterocycles. The summed E-state index contributed by atoms with van der Waals surface area (Å²) in [7, 11) is 0. The lowest BCUT2D eigenvalue weighted by Gasteiger charge is -2.28. The molecule has 2 saturated carbocycles. The average Bonchev–Trinajstić information content (AvgIpc) is 3.04. The van der Waals surface area contributed by atoms with E-state index in [4.69, 9.17) is 11.6 Å². The third kappa shape index (κ3) is 3.15. The van der Waals surface area contributed by atoms with Crippen LogP contribution < -0.4 is 0 Å². The first kappa shape index (κ1) is 15.2. The molecule has 0 saturated heterocycles. The summed E-state index contributed by atoms with van der Waals surface area (Å²) < 4.78 is 0. The van der Waals surface area contributed by atoms with Crippen LogP contribution in [0.15, 0.2) is 29.6 Å². The second-order valence-electron chi connectivity index (χ2n) is 6.43. The molecule has 2 aromatic rings. The molecule has 2 fully saturated rings. The van der Waals surface area contributed by atoms with Crippen LogP contribution in [0.2, 0.25) is 5.02 Å². The number of halogens is 1. The smallest absolute Gasteiger partial charge is 0.273 e. The molecule has 5 heteroatoms. The first-order chi connectivity index (χ1) is 11.2. The molecule has 0 spiro atoms. The first-order valence-electron chi connectivity index (χ1n) is 8.26. The van der Waals surface area contributed by atoms with E-state index < -0.39 is 0 Å². The highest BCUT2D eigenvalue weighted by atomic mass is 35.5. The molecule has 4 rings (SSSR count). The van der Waals surface area contributed by atoms with Gasteiger partial charge in [-0.15, -0.1) is 11.3 Å². The lowest BCUT2D eigenvalue weighted by molar-refractivity contribution is 0.0659. The fourth-order valence-electron chi connectivity index (χ4n) is 3.39. The molecular formula is C18H19ClN2OS. The number of rotatable bonds is 4. The van der Waals surface area contributed by atoms with E-state index in [9.17, 15) is 4.79 Å². The molecule has 1 aromatic carbocycles. The number of benzene rings is 1. The van der Waals surface area contributed by atoms with Gasteiger partial charge in [0.05, 0.1) is 0 Å². The van der Waals surface area contributed by atoms with Crippen molar-refractivity contribution >= 4 is 28.8 Å². The Hall–Kier alpha value is -1.39. The maximum atomic E-state index is 13.0. The van der Waals surface area contributed by atoms with Crippen molar-refractivity contribution in [2.24, 2.45) is 0 Å². The minimum atomic E-state index is 0.121. The summed E-state index contributed by atoms with van der Waals surface area (Å²) in [5, 5.41) is 3.49. The van der Waals surface area contributed by atoms with E-state index >= 15 is 0 Å². The number of hydrogen-bond acceptors (Lipinski definition) is 3. The number of hydrogen-bond donors (Lipinski definition) is 0. The van der Waals surface area contributed by atoms with Crippen molar-refractivity contribution < 1.29 is 4.79 Å². The van der Waals surface area contributed by atoms with Gasteiger partial charge in [0.2, 0.25) is 0 Å². The van der Waals surface area contributed by atoms with E-state index in [2.05, 4.69) is 9.88 Å². The van der Waals surface area contributed by atoms with Crippen LogP contribution in [0.5, 0.6) is 0 Å². The Labute approximate surface area is 145 Å². The Balaban J connectivity index is 1.57. The standard InChI is InChI=1S/C18H19ClN2OS/c19-13-7-5-12(6-8-13)17-20-16(11-23-17)18(22)21(15-9-10-15)14-3-1-2-4-14/h5-8,11,14-15H,1-4,9-10H2. The van der Waals surface area contributed by atoms with Gasteiger partial charge in [-0.3, -0.25) is 4.79 Å². The summed E-state index contributed by atoms with van der Waals surface area (Å²) >= 11 is 7.46. The van der Waals surface area contributed by atoms with Crippen molar-refractivity contribution in [2.75, 3.05) is 0 Å². The quantitative estimate of drug-likeness (QED) is 0.779. The van der Waals surface area contributed by atoms with Gasteiger partial charge in [-0.1, -0.05) is 36.6 Å². The van der Waals surface area contributed by atoms with Gasteiger partial charge in [0.25, 0.3) is 5.91 Å². The lowest BCUT2D eigenvalue weighted by atomic mass is 10.2. The van der Waals surface area contributed by atoms with Gasteiger partial charge in [0.1, 0.15) is 10.7 Å². The minimum Gasteiger partial charge on any atom is -0.331 e. The average molecular weight is 347 g/mol. The van der Waals surface area contributed by atoms with E-state index in [-0.39, 0.29) is 5.91 Å². The van der Waals surface area contributed by atoms with E-state index in [0.29, 0.717) is 22.8 Å². The predicted molar refractivity (Wildman–Crippen MR) is 94.0 cm³/mol. The van der Waals surface area contributed by atoms with Crippen LogP contribution in [0, 0.1) is 0 Å². The molecule has 0 N–H and O–H groups in total. The van der Waals surface area contributed by atoms with E-state index in [1.165, 1.54) is 24.2 Å². The van der Waals surface area contributed by atoms with Crippen LogP contribution in [0.3, 0.4) is 0 Å². The van der Waals surface area contributed by atoms with Crippen molar-refractivity contribution in [1.82, 2.24) is 9.88 Å². The molecule has 1 heterocycles. The molecular weight excluding hydrogens is 328 g/mol. The summed E-state index contributed by atoms with van der Waals surface area (Å²) in [6.45, 7) is 0. The Morgan fingerprint density at radius 3 is 2.39 bits per heavy atom. The zero-order valence-electron chi connectivity index (χ0n) is 12.9. The summed E-state index contributed by atoms with van der Waals surface area (Å²) in [5.74, 6) is 0.121. The summed E-state index contributed by atoms with van der Waals surface area (Å²) in [5.41, 5.74) is 1.61. The normalized spacial score (nSPS) is 18.3. The Kier molecular flexibility index (Phi) is 4.12. The van der Waals surface area contributed by atoms with Crippen molar-refractivity contribution in [3.05, 3.63) is 40.4 Å². The minimum absolute atomic E-state index is 0.121. The second kappa shape index (κ2) is 6.25. The molecule has 2 aliphatic rings. The van der Waals surface area contributed by atoms with Crippen LogP contribution in [0.1, 0.15) is 49.0 Å². The topological polar surface area (TPSA) is 33.2 Å². The lowest BCUT2D eigenvalue weighted by Crippen LogP contribution is -2.40. The molecule has 120 valence electrons. The van der Waals surface area contributed by atoms with Crippen molar-refractivity contribution in [2.45, 2.75) is 50.6 Å². The molecule has 0 unspecified atom stereocenters. The summed E-state index contributed by atoms with van der Waals surface area (Å²) in [4.78, 5) is 19.7. The third-order valence-electron chi connectivity index (χ3n) is 4.71. The highest BCUT2D eigenvalue weighted by Crippen LogP contribution is 2.36. The van der Waals surface area contributed by atoms with Gasteiger partial charge < -0.3 is 4.90 Å². The number of nitrogens with zero attached hydrogens (tertiary/aromatic N) is 2. The zero-order valence-corrected chi connectivity index (χ0v) is 14.4. The molecule has 0 atom stereocenters. The molecule has 3 nitrogen and oxygen atoms in total. The highest BCUT2D eigenvalue weighted by molar-refractivity contribution is 7.13. The predicted octanol–water partition coefficient (Wildman–Crippen LogP) is 5.01. The van der Waals surface area contributed by atoms with Crippen LogP contribution in [0.25, 0.3) is 10.6 Å². The zero-order chi connectivity index (χ0) is 15.8. The molecule has 23 heavy (non-hydrogen) atoms. The van der Waals surface area contributed by atoms with Crippen molar-refractivity contribution in [3.8, 4) is 10.6 Å². The van der Waals surface area contributed by atoms with Gasteiger partial charge in [0, 0.05) is 28.0 Å². The fourth-order valence-corrected chi connectivity index (χ4v) is 4.32. The first-order valence-corrected chi connectivity index (χ1v) is 9.52. The third-order valence-corrected chi connectivity index (χ3v) is 5.85. The van der Waals surface area contributed by atoms with Gasteiger partial charge in [-0.2, -0.15) is 0 Å². The molecule has 1 aromatic heterocycles. The fraction of sp³-hybridized carbons (Fsp3) is 0.444. The van der Waals surface area contributed by atoms with Gasteiger partial charge in [-0.05, 0) is 37.8 Å². The second-order valence-corrected chi connectivity index (χ2v) is 7.72. The van der Waals surface area contributed by atoms with Crippen molar-refractivity contribution in [3.63, 3.8) is 0 Å². The number of thiazole rings is 1. The highest BCUT2D eigenvalue weighted by Gasteiger charge is 2.39. The van der Waals surface area contributed by atoms with Gasteiger partial charge >= 0.3 is 0 Å². The summed E-state index contributed by atoms with van der Waals surface area (Å²) in [6.07, 6.45) is 7.09. The number of carbonyl (C=O) groups excluding carboxylic acids is 1. The molecule has 0 radical (unpaired) electrons. The van der Waals surface area contributed by atoms with Gasteiger partial charge in [-0.25, -0.2) is 4.98 Å². The van der Waals surface area contributed by atoms with Crippen molar-refractivity contribution in [1.29, 1.82) is 0 Å². The largest absolute Gasteiger partial charge is 0.331 e. The Bertz CT molecular complexity index is 702. The number of aromatic nitrogens is 1. The number of carbonyl (C=O) groups is 1. The van der Waals surface area contributed by atoms with E-state index in [1.807, 2.05) is 29.6 Å². The van der Waals surface area contributed by atoms with Crippen LogP contribution >= 0.6 is 22.9 Å². The Morgan fingerprint density at radius 1 is 1.09 bits per heavy atom. The number of amides is 1. The maximum Gasteiger partial charge on any atom is 0.273 e. The summed E-state index contributed by atoms with van der Waals surface area (Å²) in [6, 6.07) is 8.49.